The quantitative estimate of drug-likeness (QED) is 0.835. The number of piperidine rings is 2. The average molecular weight is 389 g/mol. The van der Waals surface area contributed by atoms with Gasteiger partial charge < -0.3 is 15.5 Å². The van der Waals surface area contributed by atoms with Crippen molar-refractivity contribution in [3.63, 3.8) is 0 Å². The topological polar surface area (TPSA) is 57.3 Å². The largest absolute Gasteiger partial charge is 0.357 e. The van der Waals surface area contributed by atoms with Gasteiger partial charge in [0, 0.05) is 31.4 Å². The maximum atomic E-state index is 12.4. The summed E-state index contributed by atoms with van der Waals surface area (Å²) in [7, 11) is 0. The number of rotatable bonds is 3. The van der Waals surface area contributed by atoms with Crippen LogP contribution in [-0.2, 0) is 0 Å². The van der Waals surface area contributed by atoms with E-state index in [2.05, 4.69) is 34.4 Å². The first kappa shape index (κ1) is 22.0. The van der Waals surface area contributed by atoms with E-state index in [4.69, 9.17) is 0 Å². The van der Waals surface area contributed by atoms with Crippen molar-refractivity contribution >= 4 is 36.5 Å². The minimum atomic E-state index is -0.00424. The summed E-state index contributed by atoms with van der Waals surface area (Å²) in [5.41, 5.74) is 0.658. The summed E-state index contributed by atoms with van der Waals surface area (Å²) in [5.74, 6) is 1.79. The molecule has 2 aliphatic rings. The number of carbonyl (C=O) groups excluding carboxylic acids is 1. The Morgan fingerprint density at radius 1 is 1.20 bits per heavy atom. The maximum absolute atomic E-state index is 12.4. The van der Waals surface area contributed by atoms with Crippen LogP contribution in [-0.4, -0.2) is 42.6 Å². The fourth-order valence-electron chi connectivity index (χ4n) is 3.48. The van der Waals surface area contributed by atoms with Crippen LogP contribution in [0.15, 0.2) is 18.3 Å². The van der Waals surface area contributed by atoms with Gasteiger partial charge in [0.05, 0.1) is 5.56 Å². The molecule has 25 heavy (non-hydrogen) atoms. The second-order valence-electron chi connectivity index (χ2n) is 7.12. The van der Waals surface area contributed by atoms with Gasteiger partial charge in [-0.2, -0.15) is 0 Å². The lowest BCUT2D eigenvalue weighted by Gasteiger charge is -2.31. The fraction of sp³-hybridized carbons (Fsp3) is 0.667. The Hall–Kier alpha value is -1.04. The van der Waals surface area contributed by atoms with Crippen LogP contribution < -0.4 is 15.5 Å². The minimum Gasteiger partial charge on any atom is -0.357 e. The number of hydrogen-bond donors (Lipinski definition) is 2. The van der Waals surface area contributed by atoms with Crippen LogP contribution >= 0.6 is 24.8 Å². The standard InChI is InChI=1S/C18H28N4O.2ClH/c1-13-6-9-22(10-7-13)17-4-3-15(12-20-17)18(23)21-16-5-8-19-14(2)11-16;;/h3-4,12-14,16,19H,5-11H2,1-2H3,(H,21,23);2*1H. The summed E-state index contributed by atoms with van der Waals surface area (Å²) in [6.45, 7) is 7.56. The van der Waals surface area contributed by atoms with E-state index in [0.717, 1.165) is 44.2 Å². The van der Waals surface area contributed by atoms with Gasteiger partial charge in [0.25, 0.3) is 5.91 Å². The molecule has 0 bridgehead atoms. The third-order valence-corrected chi connectivity index (χ3v) is 5.08. The highest BCUT2D eigenvalue weighted by Gasteiger charge is 2.21. The lowest BCUT2D eigenvalue weighted by molar-refractivity contribution is 0.0925. The highest BCUT2D eigenvalue weighted by molar-refractivity contribution is 5.94. The molecule has 1 amide bonds. The van der Waals surface area contributed by atoms with E-state index in [-0.39, 0.29) is 36.8 Å². The molecule has 7 heteroatoms. The minimum absolute atomic E-state index is 0. The predicted octanol–water partition coefficient (Wildman–Crippen LogP) is 3.03. The highest BCUT2D eigenvalue weighted by Crippen LogP contribution is 2.21. The van der Waals surface area contributed by atoms with Crippen molar-refractivity contribution in [1.82, 2.24) is 15.6 Å². The van der Waals surface area contributed by atoms with Gasteiger partial charge in [-0.1, -0.05) is 6.92 Å². The van der Waals surface area contributed by atoms with Gasteiger partial charge in [-0.25, -0.2) is 4.98 Å². The van der Waals surface area contributed by atoms with Crippen molar-refractivity contribution in [3.8, 4) is 0 Å². The molecule has 0 aliphatic carbocycles. The number of hydrogen-bond acceptors (Lipinski definition) is 4. The van der Waals surface area contributed by atoms with E-state index in [1.54, 1.807) is 6.20 Å². The third kappa shape index (κ3) is 6.01. The van der Waals surface area contributed by atoms with Crippen LogP contribution in [0, 0.1) is 5.92 Å². The zero-order valence-corrected chi connectivity index (χ0v) is 16.7. The zero-order chi connectivity index (χ0) is 16.2. The number of nitrogens with zero attached hydrogens (tertiary/aromatic N) is 2. The maximum Gasteiger partial charge on any atom is 0.253 e. The Labute approximate surface area is 163 Å². The van der Waals surface area contributed by atoms with E-state index >= 15 is 0 Å². The van der Waals surface area contributed by atoms with Crippen LogP contribution in [0.4, 0.5) is 5.82 Å². The molecule has 0 spiro atoms. The van der Waals surface area contributed by atoms with Crippen molar-refractivity contribution in [2.24, 2.45) is 5.92 Å². The molecule has 142 valence electrons. The summed E-state index contributed by atoms with van der Waals surface area (Å²) in [6, 6.07) is 4.62. The lowest BCUT2D eigenvalue weighted by Crippen LogP contribution is -2.46. The van der Waals surface area contributed by atoms with Gasteiger partial charge >= 0.3 is 0 Å². The Bertz CT molecular complexity index is 532. The molecule has 1 aromatic heterocycles. The summed E-state index contributed by atoms with van der Waals surface area (Å²) < 4.78 is 0. The van der Waals surface area contributed by atoms with Gasteiger partial charge in [-0.05, 0) is 57.2 Å². The Morgan fingerprint density at radius 3 is 2.52 bits per heavy atom. The van der Waals surface area contributed by atoms with Crippen molar-refractivity contribution in [2.45, 2.75) is 51.6 Å². The second-order valence-corrected chi connectivity index (χ2v) is 7.12. The molecule has 2 saturated heterocycles. The van der Waals surface area contributed by atoms with E-state index < -0.39 is 0 Å². The molecule has 2 fully saturated rings. The first-order valence-corrected chi connectivity index (χ1v) is 8.87. The van der Waals surface area contributed by atoms with Crippen LogP contribution in [0.5, 0.6) is 0 Å². The van der Waals surface area contributed by atoms with Crippen molar-refractivity contribution in [2.75, 3.05) is 24.5 Å². The Kier molecular flexibility index (Phi) is 8.97. The Morgan fingerprint density at radius 2 is 1.92 bits per heavy atom. The zero-order valence-electron chi connectivity index (χ0n) is 15.0. The van der Waals surface area contributed by atoms with Crippen LogP contribution in [0.3, 0.4) is 0 Å². The normalized spacial score (nSPS) is 24.0. The fourth-order valence-corrected chi connectivity index (χ4v) is 3.48. The second kappa shape index (κ2) is 10.2. The van der Waals surface area contributed by atoms with Crippen molar-refractivity contribution in [3.05, 3.63) is 23.9 Å². The van der Waals surface area contributed by atoms with Crippen LogP contribution in [0.2, 0.25) is 0 Å². The number of carbonyl (C=O) groups is 1. The molecule has 0 radical (unpaired) electrons. The van der Waals surface area contributed by atoms with Crippen LogP contribution in [0.1, 0.15) is 49.9 Å². The lowest BCUT2D eigenvalue weighted by atomic mass is 9.99. The van der Waals surface area contributed by atoms with Gasteiger partial charge in [0.15, 0.2) is 0 Å². The third-order valence-electron chi connectivity index (χ3n) is 5.08. The molecule has 2 N–H and O–H groups in total. The van der Waals surface area contributed by atoms with E-state index in [1.807, 2.05) is 12.1 Å². The number of anilines is 1. The van der Waals surface area contributed by atoms with Gasteiger partial charge in [0.2, 0.25) is 0 Å². The number of halogens is 2. The van der Waals surface area contributed by atoms with Crippen molar-refractivity contribution in [1.29, 1.82) is 0 Å². The summed E-state index contributed by atoms with van der Waals surface area (Å²) in [5, 5.41) is 6.54. The average Bonchev–Trinajstić information content (AvgIpc) is 2.56. The highest BCUT2D eigenvalue weighted by atomic mass is 35.5. The smallest absolute Gasteiger partial charge is 0.253 e. The summed E-state index contributed by atoms with van der Waals surface area (Å²) in [4.78, 5) is 19.2. The SMILES string of the molecule is CC1CCN(c2ccc(C(=O)NC3CCNC(C)C3)cn2)CC1.Cl.Cl. The molecule has 1 aromatic rings. The molecule has 3 heterocycles. The van der Waals surface area contributed by atoms with E-state index in [9.17, 15) is 4.79 Å². The molecule has 3 rings (SSSR count). The number of nitrogens with one attached hydrogen (secondary N) is 2. The van der Waals surface area contributed by atoms with Gasteiger partial charge in [-0.3, -0.25) is 4.79 Å². The molecule has 2 aliphatic heterocycles. The summed E-state index contributed by atoms with van der Waals surface area (Å²) >= 11 is 0. The van der Waals surface area contributed by atoms with Crippen LogP contribution in [0.25, 0.3) is 0 Å². The number of pyridine rings is 1. The predicted molar refractivity (Wildman–Crippen MR) is 107 cm³/mol. The Balaban J connectivity index is 0.00000156. The van der Waals surface area contributed by atoms with Gasteiger partial charge in [-0.15, -0.1) is 24.8 Å². The monoisotopic (exact) mass is 388 g/mol. The molecule has 0 saturated carbocycles. The molecule has 2 unspecified atom stereocenters. The molecular weight excluding hydrogens is 359 g/mol. The first-order chi connectivity index (χ1) is 11.1. The molecule has 2 atom stereocenters. The van der Waals surface area contributed by atoms with Gasteiger partial charge in [0.1, 0.15) is 5.82 Å². The van der Waals surface area contributed by atoms with E-state index in [0.29, 0.717) is 11.6 Å². The number of aromatic nitrogens is 1. The van der Waals surface area contributed by atoms with E-state index in [1.165, 1.54) is 12.8 Å². The molecule has 5 nitrogen and oxygen atoms in total. The molecular formula is C18H30Cl2N4O. The summed E-state index contributed by atoms with van der Waals surface area (Å²) in [6.07, 6.45) is 6.14. The molecule has 0 aromatic carbocycles. The number of amides is 1. The first-order valence-electron chi connectivity index (χ1n) is 8.87. The van der Waals surface area contributed by atoms with Crippen molar-refractivity contribution < 1.29 is 4.79 Å².